The van der Waals surface area contributed by atoms with Crippen molar-refractivity contribution < 1.29 is 18.9 Å². The third-order valence-corrected chi connectivity index (χ3v) is 4.31. The van der Waals surface area contributed by atoms with Gasteiger partial charge in [-0.05, 0) is 11.1 Å². The Morgan fingerprint density at radius 2 is 0.786 bits per heavy atom. The van der Waals surface area contributed by atoms with Gasteiger partial charge < -0.3 is 18.9 Å². The molecule has 8 atom stereocenters. The van der Waals surface area contributed by atoms with Crippen LogP contribution in [-0.4, -0.2) is 48.8 Å². The summed E-state index contributed by atoms with van der Waals surface area (Å²) < 4.78 is 22.6. The third kappa shape index (κ3) is 0.487. The molecular weight excluding hydrogens is 184 g/mol. The molecule has 6 rings (SSSR count). The maximum atomic E-state index is 5.65. The molecule has 0 aromatic carbocycles. The van der Waals surface area contributed by atoms with Crippen LogP contribution in [-0.2, 0) is 18.9 Å². The van der Waals surface area contributed by atoms with Crippen molar-refractivity contribution in [2.24, 2.45) is 0 Å². The lowest BCUT2D eigenvalue weighted by atomic mass is 9.82. The summed E-state index contributed by atoms with van der Waals surface area (Å²) in [5.41, 5.74) is 2.77. The second kappa shape index (κ2) is 1.50. The first-order valence-corrected chi connectivity index (χ1v) is 5.29. The highest BCUT2D eigenvalue weighted by Gasteiger charge is 2.76. The van der Waals surface area contributed by atoms with Crippen molar-refractivity contribution in [2.45, 2.75) is 48.8 Å². The lowest BCUT2D eigenvalue weighted by Crippen LogP contribution is -2.29. The minimum absolute atomic E-state index is 0.314. The molecule has 0 radical (unpaired) electrons. The largest absolute Gasteiger partial charge is 0.362 e. The van der Waals surface area contributed by atoms with E-state index in [0.717, 1.165) is 0 Å². The van der Waals surface area contributed by atoms with Gasteiger partial charge in [0.25, 0.3) is 0 Å². The molecule has 4 heteroatoms. The van der Waals surface area contributed by atoms with Crippen LogP contribution < -0.4 is 0 Å². The molecule has 4 aliphatic heterocycles. The normalized spacial score (nSPS) is 73.7. The zero-order valence-corrected chi connectivity index (χ0v) is 7.25. The Hall–Kier alpha value is -0.420. The molecular formula is C10H8O4. The molecule has 6 aliphatic rings. The monoisotopic (exact) mass is 192 g/mol. The molecule has 8 unspecified atom stereocenters. The summed E-state index contributed by atoms with van der Waals surface area (Å²) in [6.07, 6.45) is 2.64. The maximum absolute atomic E-state index is 5.65. The van der Waals surface area contributed by atoms with Gasteiger partial charge in [-0.15, -0.1) is 0 Å². The average molecular weight is 192 g/mol. The van der Waals surface area contributed by atoms with Crippen LogP contribution in [0.5, 0.6) is 0 Å². The topological polar surface area (TPSA) is 50.1 Å². The van der Waals surface area contributed by atoms with Crippen LogP contribution in [0, 0.1) is 0 Å². The number of ether oxygens (including phenoxy) is 4. The van der Waals surface area contributed by atoms with Crippen LogP contribution in [0.25, 0.3) is 0 Å². The van der Waals surface area contributed by atoms with Crippen molar-refractivity contribution in [1.82, 2.24) is 0 Å². The van der Waals surface area contributed by atoms with Crippen molar-refractivity contribution in [3.8, 4) is 0 Å². The van der Waals surface area contributed by atoms with Gasteiger partial charge in [-0.25, -0.2) is 0 Å². The van der Waals surface area contributed by atoms with Gasteiger partial charge in [-0.1, -0.05) is 0 Å². The van der Waals surface area contributed by atoms with Crippen LogP contribution in [0.3, 0.4) is 0 Å². The fourth-order valence-electron chi connectivity index (χ4n) is 3.48. The molecule has 4 heterocycles. The first kappa shape index (κ1) is 6.23. The van der Waals surface area contributed by atoms with Gasteiger partial charge in [0.05, 0.1) is 0 Å². The Morgan fingerprint density at radius 1 is 0.500 bits per heavy atom. The molecule has 4 saturated heterocycles. The first-order chi connectivity index (χ1) is 6.93. The van der Waals surface area contributed by atoms with Gasteiger partial charge in [-0.3, -0.25) is 0 Å². The molecule has 4 nitrogen and oxygen atoms in total. The molecule has 14 heavy (non-hydrogen) atoms. The molecule has 0 spiro atoms. The highest BCUT2D eigenvalue weighted by Crippen LogP contribution is 2.62. The quantitative estimate of drug-likeness (QED) is 0.379. The second-order valence-electron chi connectivity index (χ2n) is 5.00. The molecule has 0 saturated carbocycles. The predicted octanol–water partition coefficient (Wildman–Crippen LogP) is -0.620. The van der Waals surface area contributed by atoms with Crippen molar-refractivity contribution >= 4 is 0 Å². The van der Waals surface area contributed by atoms with Crippen molar-refractivity contribution in [3.63, 3.8) is 0 Å². The summed E-state index contributed by atoms with van der Waals surface area (Å²) in [5, 5.41) is 0. The summed E-state index contributed by atoms with van der Waals surface area (Å²) in [7, 11) is 0. The van der Waals surface area contributed by atoms with E-state index in [4.69, 9.17) is 18.9 Å². The summed E-state index contributed by atoms with van der Waals surface area (Å²) in [5.74, 6) is 0. The fourth-order valence-corrected chi connectivity index (χ4v) is 3.48. The molecule has 2 aliphatic carbocycles. The minimum atomic E-state index is 0.314. The zero-order valence-electron chi connectivity index (χ0n) is 7.25. The van der Waals surface area contributed by atoms with Gasteiger partial charge in [0, 0.05) is 0 Å². The standard InChI is InChI=1S/C10H8O4/c11-3-1-2(5-9(13-5)7(3)11)6-10(14-6)8-4(1)12-8/h3-10H. The summed E-state index contributed by atoms with van der Waals surface area (Å²) in [4.78, 5) is 0. The minimum Gasteiger partial charge on any atom is -0.362 e. The van der Waals surface area contributed by atoms with Crippen LogP contribution in [0.2, 0.25) is 0 Å². The Kier molecular flexibility index (Phi) is 0.665. The van der Waals surface area contributed by atoms with Crippen LogP contribution in [0.4, 0.5) is 0 Å². The van der Waals surface area contributed by atoms with E-state index < -0.39 is 0 Å². The van der Waals surface area contributed by atoms with Gasteiger partial charge in [0.2, 0.25) is 0 Å². The van der Waals surface area contributed by atoms with Crippen LogP contribution >= 0.6 is 0 Å². The smallest absolute Gasteiger partial charge is 0.118 e. The number of epoxide rings is 4. The Balaban J connectivity index is 1.64. The lowest BCUT2D eigenvalue weighted by Gasteiger charge is -2.13. The van der Waals surface area contributed by atoms with Gasteiger partial charge >= 0.3 is 0 Å². The predicted molar refractivity (Wildman–Crippen MR) is 41.7 cm³/mol. The van der Waals surface area contributed by atoms with E-state index in [-0.39, 0.29) is 0 Å². The second-order valence-corrected chi connectivity index (χ2v) is 5.00. The average Bonchev–Trinajstić information content (AvgIpc) is 3.01. The van der Waals surface area contributed by atoms with Gasteiger partial charge in [0.1, 0.15) is 48.8 Å². The molecule has 0 bridgehead atoms. The molecule has 0 aromatic rings. The first-order valence-electron chi connectivity index (χ1n) is 5.29. The van der Waals surface area contributed by atoms with Crippen molar-refractivity contribution in [1.29, 1.82) is 0 Å². The van der Waals surface area contributed by atoms with E-state index in [1.54, 1.807) is 0 Å². The Bertz CT molecular complexity index is 342. The number of hydrogen-bond donors (Lipinski definition) is 0. The van der Waals surface area contributed by atoms with E-state index in [9.17, 15) is 0 Å². The molecule has 0 N–H and O–H groups in total. The summed E-state index contributed by atoms with van der Waals surface area (Å²) in [6, 6.07) is 0. The van der Waals surface area contributed by atoms with E-state index in [1.165, 1.54) is 11.1 Å². The van der Waals surface area contributed by atoms with E-state index in [2.05, 4.69) is 0 Å². The van der Waals surface area contributed by atoms with Crippen molar-refractivity contribution in [3.05, 3.63) is 11.1 Å². The highest BCUT2D eigenvalue weighted by atomic mass is 16.7. The SMILES string of the molecule is O1C2C3=C(C4OC4C12)C1OC1C1OC31. The summed E-state index contributed by atoms with van der Waals surface area (Å²) >= 11 is 0. The number of rotatable bonds is 0. The maximum Gasteiger partial charge on any atom is 0.118 e. The van der Waals surface area contributed by atoms with Crippen LogP contribution in [0.15, 0.2) is 11.1 Å². The van der Waals surface area contributed by atoms with E-state index in [0.29, 0.717) is 48.8 Å². The Morgan fingerprint density at radius 3 is 1.07 bits per heavy atom. The van der Waals surface area contributed by atoms with Gasteiger partial charge in [0.15, 0.2) is 0 Å². The molecule has 0 amide bonds. The molecule has 0 aromatic heterocycles. The lowest BCUT2D eigenvalue weighted by molar-refractivity contribution is 0.292. The fraction of sp³-hybridized carbons (Fsp3) is 0.800. The Labute approximate surface area is 79.8 Å². The summed E-state index contributed by atoms with van der Waals surface area (Å²) in [6.45, 7) is 0. The van der Waals surface area contributed by atoms with Gasteiger partial charge in [-0.2, -0.15) is 0 Å². The van der Waals surface area contributed by atoms with E-state index >= 15 is 0 Å². The van der Waals surface area contributed by atoms with E-state index in [1.807, 2.05) is 0 Å². The number of hydrogen-bond acceptors (Lipinski definition) is 4. The van der Waals surface area contributed by atoms with Crippen LogP contribution in [0.1, 0.15) is 0 Å². The highest BCUT2D eigenvalue weighted by molar-refractivity contribution is 5.51. The molecule has 72 valence electrons. The zero-order chi connectivity index (χ0) is 8.60. The third-order valence-electron chi connectivity index (χ3n) is 4.31. The molecule has 4 fully saturated rings. The number of fused-ring (bicyclic) bond motifs is 10. The van der Waals surface area contributed by atoms with Crippen molar-refractivity contribution in [2.75, 3.05) is 0 Å².